The topological polar surface area (TPSA) is 21.7 Å². The molecular weight excluding hydrogens is 454 g/mol. The highest BCUT2D eigenvalue weighted by Gasteiger charge is 2.40. The first kappa shape index (κ1) is 24.3. The highest BCUT2D eigenvalue weighted by atomic mass is 35.5. The van der Waals surface area contributed by atoms with Crippen LogP contribution >= 0.6 is 11.6 Å². The summed E-state index contributed by atoms with van der Waals surface area (Å²) in [6, 6.07) is 13.2. The van der Waals surface area contributed by atoms with Crippen molar-refractivity contribution in [1.82, 2.24) is 0 Å². The fourth-order valence-corrected chi connectivity index (χ4v) is 6.23. The SMILES string of the molecule is C=C1C=COC(C2CCC2CN2CC(c3ccc(Cl)cc3CCC)COc3ccc(CC)cc32)C1. The summed E-state index contributed by atoms with van der Waals surface area (Å²) in [7, 11) is 0. The molecule has 4 atom stereocenters. The van der Waals surface area contributed by atoms with Crippen LogP contribution in [0.3, 0.4) is 0 Å². The van der Waals surface area contributed by atoms with Crippen LogP contribution in [0.2, 0.25) is 5.02 Å². The highest BCUT2D eigenvalue weighted by Crippen LogP contribution is 2.44. The van der Waals surface area contributed by atoms with Gasteiger partial charge in [-0.2, -0.15) is 0 Å². The number of hydrogen-bond acceptors (Lipinski definition) is 3. The van der Waals surface area contributed by atoms with Gasteiger partial charge in [0.1, 0.15) is 11.9 Å². The van der Waals surface area contributed by atoms with E-state index >= 15 is 0 Å². The summed E-state index contributed by atoms with van der Waals surface area (Å²) in [5, 5.41) is 0.819. The Morgan fingerprint density at radius 2 is 2.00 bits per heavy atom. The number of anilines is 1. The van der Waals surface area contributed by atoms with Crippen LogP contribution in [0.15, 0.2) is 60.9 Å². The van der Waals surface area contributed by atoms with Crippen molar-refractivity contribution in [3.8, 4) is 5.75 Å². The average molecular weight is 492 g/mol. The van der Waals surface area contributed by atoms with E-state index in [1.807, 2.05) is 18.4 Å². The maximum Gasteiger partial charge on any atom is 0.142 e. The molecule has 1 aliphatic carbocycles. The van der Waals surface area contributed by atoms with Crippen molar-refractivity contribution >= 4 is 17.3 Å². The van der Waals surface area contributed by atoms with E-state index in [4.69, 9.17) is 21.1 Å². The first-order valence-electron chi connectivity index (χ1n) is 13.3. The van der Waals surface area contributed by atoms with E-state index in [1.54, 1.807) is 0 Å². The van der Waals surface area contributed by atoms with Gasteiger partial charge in [-0.15, -0.1) is 0 Å². The lowest BCUT2D eigenvalue weighted by molar-refractivity contribution is 0.00175. The number of rotatable bonds is 7. The molecule has 1 saturated carbocycles. The van der Waals surface area contributed by atoms with Crippen molar-refractivity contribution < 1.29 is 9.47 Å². The molecule has 4 unspecified atom stereocenters. The van der Waals surface area contributed by atoms with E-state index < -0.39 is 0 Å². The fraction of sp³-hybridized carbons (Fsp3) is 0.484. The zero-order valence-electron chi connectivity index (χ0n) is 21.1. The van der Waals surface area contributed by atoms with Crippen molar-refractivity contribution in [1.29, 1.82) is 0 Å². The molecule has 0 aromatic heterocycles. The summed E-state index contributed by atoms with van der Waals surface area (Å²) >= 11 is 6.39. The number of allylic oxidation sites excluding steroid dienone is 1. The first-order chi connectivity index (χ1) is 17.1. The van der Waals surface area contributed by atoms with Crippen LogP contribution in [0.25, 0.3) is 0 Å². The molecular formula is C31H38ClNO2. The maximum atomic E-state index is 6.48. The number of fused-ring (bicyclic) bond motifs is 1. The average Bonchev–Trinajstić information content (AvgIpc) is 3.01. The molecule has 2 aromatic rings. The third-order valence-electron chi connectivity index (χ3n) is 8.15. The van der Waals surface area contributed by atoms with Gasteiger partial charge in [-0.25, -0.2) is 0 Å². The van der Waals surface area contributed by atoms with Crippen molar-refractivity contribution in [2.75, 3.05) is 24.6 Å². The van der Waals surface area contributed by atoms with Crippen molar-refractivity contribution in [3.63, 3.8) is 0 Å². The van der Waals surface area contributed by atoms with Crippen LogP contribution in [0.4, 0.5) is 5.69 Å². The van der Waals surface area contributed by atoms with Gasteiger partial charge >= 0.3 is 0 Å². The van der Waals surface area contributed by atoms with Crippen molar-refractivity contribution in [2.24, 2.45) is 11.8 Å². The summed E-state index contributed by atoms with van der Waals surface area (Å²) in [5.41, 5.74) is 6.52. The standard InChI is InChI=1S/C31H38ClNO2/c1-4-6-23-17-26(32)9-11-27(23)25-19-33(29-16-22(5-2)7-12-30(29)35-20-25)18-24-8-10-28(24)31-15-21(3)13-14-34-31/h7,9,11-14,16-17,24-25,28,31H,3-6,8,10,15,18-20H2,1-2H3. The number of halogens is 1. The van der Waals surface area contributed by atoms with Crippen LogP contribution in [0, 0.1) is 11.8 Å². The molecule has 2 aromatic carbocycles. The van der Waals surface area contributed by atoms with E-state index in [9.17, 15) is 0 Å². The lowest BCUT2D eigenvalue weighted by Crippen LogP contribution is -2.45. The Morgan fingerprint density at radius 3 is 2.74 bits per heavy atom. The van der Waals surface area contributed by atoms with Gasteiger partial charge in [-0.05, 0) is 84.2 Å². The van der Waals surface area contributed by atoms with Crippen LogP contribution < -0.4 is 9.64 Å². The van der Waals surface area contributed by atoms with Gasteiger partial charge in [-0.1, -0.05) is 50.6 Å². The first-order valence-corrected chi connectivity index (χ1v) is 13.7. The summed E-state index contributed by atoms with van der Waals surface area (Å²) in [6.07, 6.45) is 10.7. The number of benzene rings is 2. The third kappa shape index (κ3) is 5.26. The second kappa shape index (κ2) is 10.7. The number of nitrogens with zero attached hydrogens (tertiary/aromatic N) is 1. The van der Waals surface area contributed by atoms with Crippen LogP contribution in [-0.4, -0.2) is 25.8 Å². The predicted molar refractivity (Wildman–Crippen MR) is 146 cm³/mol. The van der Waals surface area contributed by atoms with Crippen molar-refractivity contribution in [2.45, 2.75) is 64.4 Å². The Kier molecular flexibility index (Phi) is 7.43. The molecule has 0 radical (unpaired) electrons. The van der Waals surface area contributed by atoms with E-state index in [0.29, 0.717) is 24.4 Å². The molecule has 186 valence electrons. The minimum atomic E-state index is 0.263. The van der Waals surface area contributed by atoms with Gasteiger partial charge < -0.3 is 14.4 Å². The molecule has 2 aliphatic heterocycles. The molecule has 0 amide bonds. The fourth-order valence-electron chi connectivity index (χ4n) is 6.04. The van der Waals surface area contributed by atoms with Gasteiger partial charge in [-0.3, -0.25) is 0 Å². The van der Waals surface area contributed by atoms with Crippen LogP contribution in [0.5, 0.6) is 5.75 Å². The molecule has 0 saturated heterocycles. The van der Waals surface area contributed by atoms with Crippen LogP contribution in [-0.2, 0) is 17.6 Å². The molecule has 35 heavy (non-hydrogen) atoms. The minimum Gasteiger partial charge on any atom is -0.497 e. The zero-order valence-corrected chi connectivity index (χ0v) is 21.9. The number of hydrogen-bond donors (Lipinski definition) is 0. The summed E-state index contributed by atoms with van der Waals surface area (Å²) in [5.74, 6) is 2.52. The van der Waals surface area contributed by atoms with E-state index in [2.05, 4.69) is 55.7 Å². The lowest BCUT2D eigenvalue weighted by Gasteiger charge is -2.45. The largest absolute Gasteiger partial charge is 0.497 e. The van der Waals surface area contributed by atoms with E-state index in [1.165, 1.54) is 40.8 Å². The van der Waals surface area contributed by atoms with Gasteiger partial charge in [0.25, 0.3) is 0 Å². The molecule has 0 bridgehead atoms. The molecule has 4 heteroatoms. The third-order valence-corrected chi connectivity index (χ3v) is 8.38. The smallest absolute Gasteiger partial charge is 0.142 e. The Labute approximate surface area is 215 Å². The number of ether oxygens (including phenoxy) is 2. The Bertz CT molecular complexity index is 1090. The second-order valence-corrected chi connectivity index (χ2v) is 10.9. The van der Waals surface area contributed by atoms with E-state index in [-0.39, 0.29) is 6.10 Å². The highest BCUT2D eigenvalue weighted by molar-refractivity contribution is 6.30. The van der Waals surface area contributed by atoms with Crippen LogP contribution in [0.1, 0.15) is 62.1 Å². The van der Waals surface area contributed by atoms with Gasteiger partial charge in [0, 0.05) is 36.4 Å². The quantitative estimate of drug-likeness (QED) is 0.395. The molecule has 3 nitrogen and oxygen atoms in total. The lowest BCUT2D eigenvalue weighted by atomic mass is 9.69. The summed E-state index contributed by atoms with van der Waals surface area (Å²) in [6.45, 7) is 11.3. The Morgan fingerprint density at radius 1 is 1.11 bits per heavy atom. The van der Waals surface area contributed by atoms with Gasteiger partial charge in [0.2, 0.25) is 0 Å². The molecule has 0 spiro atoms. The minimum absolute atomic E-state index is 0.263. The number of aryl methyl sites for hydroxylation is 2. The molecule has 1 fully saturated rings. The summed E-state index contributed by atoms with van der Waals surface area (Å²) < 4.78 is 12.5. The molecule has 0 N–H and O–H groups in total. The van der Waals surface area contributed by atoms with Gasteiger partial charge in [0.15, 0.2) is 0 Å². The molecule has 3 aliphatic rings. The Balaban J connectivity index is 1.43. The summed E-state index contributed by atoms with van der Waals surface area (Å²) in [4.78, 5) is 2.61. The van der Waals surface area contributed by atoms with Gasteiger partial charge in [0.05, 0.1) is 18.6 Å². The zero-order chi connectivity index (χ0) is 24.4. The Hall–Kier alpha value is -2.39. The molecule has 5 rings (SSSR count). The normalized spacial score (nSPS) is 25.8. The second-order valence-electron chi connectivity index (χ2n) is 10.5. The maximum absolute atomic E-state index is 6.48. The van der Waals surface area contributed by atoms with Crippen molar-refractivity contribution in [3.05, 3.63) is 82.6 Å². The monoisotopic (exact) mass is 491 g/mol. The predicted octanol–water partition coefficient (Wildman–Crippen LogP) is 7.72. The van der Waals surface area contributed by atoms with E-state index in [0.717, 1.165) is 49.5 Å². The molecule has 2 heterocycles.